The number of methoxy groups -OCH3 is 1. The number of fused-ring (bicyclic) bond motifs is 1. The predicted octanol–water partition coefficient (Wildman–Crippen LogP) is 5.96. The molecule has 4 heteroatoms. The third-order valence-electron chi connectivity index (χ3n) is 4.85. The zero-order valence-corrected chi connectivity index (χ0v) is 15.4. The Morgan fingerprint density at radius 3 is 2.36 bits per heavy atom. The number of aromatic nitrogens is 2. The van der Waals surface area contributed by atoms with Crippen molar-refractivity contribution in [2.75, 3.05) is 7.11 Å². The summed E-state index contributed by atoms with van der Waals surface area (Å²) in [5.41, 5.74) is 5.72. The fourth-order valence-electron chi connectivity index (χ4n) is 3.53. The van der Waals surface area contributed by atoms with Crippen LogP contribution in [0.4, 0.5) is 0 Å². The second-order valence-corrected chi connectivity index (χ2v) is 6.51. The lowest BCUT2D eigenvalue weighted by Gasteiger charge is -2.08. The van der Waals surface area contributed by atoms with Gasteiger partial charge in [0.25, 0.3) is 0 Å². The zero-order chi connectivity index (χ0) is 18.9. The third kappa shape index (κ3) is 2.67. The minimum absolute atomic E-state index is 0.767. The molecule has 0 aliphatic carbocycles. The van der Waals surface area contributed by atoms with Gasteiger partial charge >= 0.3 is 0 Å². The van der Waals surface area contributed by atoms with E-state index in [4.69, 9.17) is 14.3 Å². The van der Waals surface area contributed by atoms with E-state index < -0.39 is 0 Å². The van der Waals surface area contributed by atoms with Gasteiger partial charge in [0.2, 0.25) is 0 Å². The molecule has 2 heterocycles. The van der Waals surface area contributed by atoms with Gasteiger partial charge in [-0.2, -0.15) is 5.10 Å². The van der Waals surface area contributed by atoms with Gasteiger partial charge in [-0.1, -0.05) is 48.5 Å². The van der Waals surface area contributed by atoms with Gasteiger partial charge in [0.05, 0.1) is 35.8 Å². The minimum Gasteiger partial charge on any atom is -0.495 e. The summed E-state index contributed by atoms with van der Waals surface area (Å²) in [6.07, 6.45) is 1.68. The molecule has 0 aliphatic rings. The molecule has 0 atom stereocenters. The van der Waals surface area contributed by atoms with E-state index in [1.165, 1.54) is 0 Å². The topological polar surface area (TPSA) is 40.2 Å². The molecule has 28 heavy (non-hydrogen) atoms. The van der Waals surface area contributed by atoms with E-state index in [0.29, 0.717) is 0 Å². The smallest absolute Gasteiger partial charge is 0.139 e. The van der Waals surface area contributed by atoms with E-state index in [1.54, 1.807) is 13.4 Å². The third-order valence-corrected chi connectivity index (χ3v) is 4.85. The average molecular weight is 366 g/mol. The Labute approximate surface area is 162 Å². The molecule has 0 amide bonds. The quantitative estimate of drug-likeness (QED) is 0.394. The summed E-state index contributed by atoms with van der Waals surface area (Å²) in [4.78, 5) is 0. The predicted molar refractivity (Wildman–Crippen MR) is 111 cm³/mol. The second-order valence-electron chi connectivity index (χ2n) is 6.51. The van der Waals surface area contributed by atoms with E-state index >= 15 is 0 Å². The van der Waals surface area contributed by atoms with Crippen molar-refractivity contribution in [1.29, 1.82) is 0 Å². The fourth-order valence-corrected chi connectivity index (χ4v) is 3.53. The highest BCUT2D eigenvalue weighted by atomic mass is 16.5. The van der Waals surface area contributed by atoms with E-state index in [1.807, 2.05) is 59.3 Å². The van der Waals surface area contributed by atoms with Crippen molar-refractivity contribution in [1.82, 2.24) is 9.78 Å². The van der Waals surface area contributed by atoms with Crippen LogP contribution in [0, 0.1) is 0 Å². The Bertz CT molecular complexity index is 1180. The maximum Gasteiger partial charge on any atom is 0.139 e. The van der Waals surface area contributed by atoms with Crippen LogP contribution in [-0.4, -0.2) is 16.9 Å². The number of nitrogens with zero attached hydrogens (tertiary/aromatic N) is 2. The number of hydrogen-bond donors (Lipinski definition) is 0. The lowest BCUT2D eigenvalue weighted by molar-refractivity contribution is 0.421. The van der Waals surface area contributed by atoms with Crippen LogP contribution < -0.4 is 4.74 Å². The molecule has 0 saturated heterocycles. The highest BCUT2D eigenvalue weighted by Crippen LogP contribution is 2.38. The molecule has 0 spiro atoms. The van der Waals surface area contributed by atoms with Crippen molar-refractivity contribution in [3.63, 3.8) is 0 Å². The summed E-state index contributed by atoms with van der Waals surface area (Å²) < 4.78 is 13.2. The molecule has 0 radical (unpaired) electrons. The minimum atomic E-state index is 0.767. The summed E-state index contributed by atoms with van der Waals surface area (Å²) in [7, 11) is 1.68. The second kappa shape index (κ2) is 6.74. The van der Waals surface area contributed by atoms with Crippen molar-refractivity contribution in [2.45, 2.75) is 0 Å². The monoisotopic (exact) mass is 366 g/mol. The van der Waals surface area contributed by atoms with Gasteiger partial charge in [-0.15, -0.1) is 0 Å². The van der Waals surface area contributed by atoms with Crippen molar-refractivity contribution in [2.24, 2.45) is 0 Å². The first-order valence-corrected chi connectivity index (χ1v) is 9.10. The van der Waals surface area contributed by atoms with Crippen LogP contribution in [0.3, 0.4) is 0 Å². The molecule has 0 aliphatic heterocycles. The molecule has 0 unspecified atom stereocenters. The molecular weight excluding hydrogens is 348 g/mol. The fraction of sp³-hybridized carbons (Fsp3) is 0.0417. The summed E-state index contributed by atoms with van der Waals surface area (Å²) in [6.45, 7) is 0. The van der Waals surface area contributed by atoms with Crippen LogP contribution in [0.15, 0.2) is 95.6 Å². The first-order valence-electron chi connectivity index (χ1n) is 9.10. The highest BCUT2D eigenvalue weighted by molar-refractivity contribution is 5.92. The summed E-state index contributed by atoms with van der Waals surface area (Å²) in [5, 5.41) is 5.87. The van der Waals surface area contributed by atoms with Crippen molar-refractivity contribution >= 4 is 11.0 Å². The molecule has 0 N–H and O–H groups in total. The van der Waals surface area contributed by atoms with Gasteiger partial charge in [-0.3, -0.25) is 0 Å². The van der Waals surface area contributed by atoms with Gasteiger partial charge in [0.15, 0.2) is 0 Å². The molecule has 0 fully saturated rings. The number of hydrogen-bond acceptors (Lipinski definition) is 3. The molecule has 3 aromatic carbocycles. The van der Waals surface area contributed by atoms with E-state index in [0.717, 1.165) is 44.9 Å². The van der Waals surface area contributed by atoms with E-state index in [2.05, 4.69) is 30.3 Å². The van der Waals surface area contributed by atoms with E-state index in [-0.39, 0.29) is 0 Å². The number of ether oxygens (including phenoxy) is 1. The van der Waals surface area contributed by atoms with Crippen LogP contribution in [0.5, 0.6) is 5.75 Å². The standard InChI is InChI=1S/C24H18N2O2/c1-27-24-19(12-13-23-20(24)14-15-28-23)21-16-22(17-8-4-2-5-9-17)26(25-21)18-10-6-3-7-11-18/h2-16H,1H3. The van der Waals surface area contributed by atoms with Crippen LogP contribution in [0.25, 0.3) is 39.2 Å². The van der Waals surface area contributed by atoms with Crippen LogP contribution in [0.2, 0.25) is 0 Å². The average Bonchev–Trinajstić information content (AvgIpc) is 3.41. The lowest BCUT2D eigenvalue weighted by Crippen LogP contribution is -1.99. The van der Waals surface area contributed by atoms with Crippen LogP contribution in [0.1, 0.15) is 0 Å². The number of rotatable bonds is 4. The SMILES string of the molecule is COc1c(-c2cc(-c3ccccc3)n(-c3ccccc3)n2)ccc2occc12. The van der Waals surface area contributed by atoms with Gasteiger partial charge in [0.1, 0.15) is 11.3 Å². The Balaban J connectivity index is 1.75. The number of furan rings is 1. The maximum absolute atomic E-state index is 5.72. The largest absolute Gasteiger partial charge is 0.495 e. The van der Waals surface area contributed by atoms with Gasteiger partial charge in [-0.25, -0.2) is 4.68 Å². The first kappa shape index (κ1) is 16.4. The Kier molecular flexibility index (Phi) is 3.95. The van der Waals surface area contributed by atoms with Gasteiger partial charge < -0.3 is 9.15 Å². The highest BCUT2D eigenvalue weighted by Gasteiger charge is 2.18. The summed E-state index contributed by atoms with van der Waals surface area (Å²) in [5.74, 6) is 0.767. The van der Waals surface area contributed by atoms with Crippen molar-refractivity contribution in [3.05, 3.63) is 91.2 Å². The Hall–Kier alpha value is -3.79. The summed E-state index contributed by atoms with van der Waals surface area (Å²) in [6, 6.07) is 28.4. The molecule has 0 bridgehead atoms. The molecule has 5 rings (SSSR count). The lowest BCUT2D eigenvalue weighted by atomic mass is 10.1. The Morgan fingerprint density at radius 2 is 1.61 bits per heavy atom. The molecular formula is C24H18N2O2. The molecule has 4 nitrogen and oxygen atoms in total. The normalized spacial score (nSPS) is 11.0. The number of para-hydroxylation sites is 1. The van der Waals surface area contributed by atoms with E-state index in [9.17, 15) is 0 Å². The molecule has 5 aromatic rings. The maximum atomic E-state index is 5.72. The Morgan fingerprint density at radius 1 is 0.857 bits per heavy atom. The number of benzene rings is 3. The van der Waals surface area contributed by atoms with Gasteiger partial charge in [-0.05, 0) is 36.4 Å². The molecule has 136 valence electrons. The summed E-state index contributed by atoms with van der Waals surface area (Å²) >= 11 is 0. The molecule has 2 aromatic heterocycles. The zero-order valence-electron chi connectivity index (χ0n) is 15.4. The first-order chi connectivity index (χ1) is 13.8. The van der Waals surface area contributed by atoms with Crippen molar-refractivity contribution in [3.8, 4) is 34.0 Å². The van der Waals surface area contributed by atoms with Crippen molar-refractivity contribution < 1.29 is 9.15 Å². The van der Waals surface area contributed by atoms with Crippen LogP contribution >= 0.6 is 0 Å². The van der Waals surface area contributed by atoms with Crippen LogP contribution in [-0.2, 0) is 0 Å². The molecule has 0 saturated carbocycles. The van der Waals surface area contributed by atoms with Gasteiger partial charge in [0, 0.05) is 11.1 Å².